The summed E-state index contributed by atoms with van der Waals surface area (Å²) >= 11 is 3.87. The first-order valence-electron chi connectivity index (χ1n) is 8.52. The zero-order valence-electron chi connectivity index (χ0n) is 14.0. The molecule has 2 aromatic heterocycles. The van der Waals surface area contributed by atoms with E-state index in [0.29, 0.717) is 0 Å². The number of thiophene rings is 2. The van der Waals surface area contributed by atoms with Gasteiger partial charge < -0.3 is 0 Å². The highest BCUT2D eigenvalue weighted by Gasteiger charge is 2.07. The summed E-state index contributed by atoms with van der Waals surface area (Å²) in [6, 6.07) is 18.0. The van der Waals surface area contributed by atoms with Crippen LogP contribution in [0, 0.1) is 6.92 Å². The first-order chi connectivity index (χ1) is 11.3. The maximum atomic E-state index is 2.32. The van der Waals surface area contributed by atoms with Crippen molar-refractivity contribution in [3.8, 4) is 20.2 Å². The zero-order valence-corrected chi connectivity index (χ0v) is 15.6. The molecule has 0 atom stereocenters. The third-order valence-electron chi connectivity index (χ3n) is 4.12. The van der Waals surface area contributed by atoms with E-state index in [1.54, 1.807) is 0 Å². The van der Waals surface area contributed by atoms with E-state index in [1.807, 2.05) is 22.7 Å². The zero-order chi connectivity index (χ0) is 16.1. The average molecular weight is 341 g/mol. The number of hydrogen-bond acceptors (Lipinski definition) is 2. The normalized spacial score (nSPS) is 11.0. The molecule has 0 fully saturated rings. The Kier molecular flexibility index (Phi) is 5.69. The summed E-state index contributed by atoms with van der Waals surface area (Å²) < 4.78 is 0. The Balaban J connectivity index is 1.68. The van der Waals surface area contributed by atoms with Crippen molar-refractivity contribution in [3.63, 3.8) is 0 Å². The summed E-state index contributed by atoms with van der Waals surface area (Å²) in [4.78, 5) is 5.70. The molecule has 120 valence electrons. The topological polar surface area (TPSA) is 0 Å². The van der Waals surface area contributed by atoms with Crippen molar-refractivity contribution >= 4 is 22.7 Å². The fraction of sp³-hybridized carbons (Fsp3) is 0.333. The number of rotatable bonds is 7. The van der Waals surface area contributed by atoms with E-state index in [2.05, 4.69) is 62.4 Å². The second kappa shape index (κ2) is 7.94. The summed E-state index contributed by atoms with van der Waals surface area (Å²) in [5.41, 5.74) is 2.64. The first kappa shape index (κ1) is 16.5. The van der Waals surface area contributed by atoms with E-state index in [4.69, 9.17) is 0 Å². The second-order valence-electron chi connectivity index (χ2n) is 6.11. The molecule has 2 heteroatoms. The molecule has 1 aromatic carbocycles. The molecule has 0 spiro atoms. The minimum atomic E-state index is 1.24. The quantitative estimate of drug-likeness (QED) is 0.389. The minimum Gasteiger partial charge on any atom is -0.139 e. The van der Waals surface area contributed by atoms with Crippen molar-refractivity contribution in [1.29, 1.82) is 0 Å². The van der Waals surface area contributed by atoms with Crippen LogP contribution in [0.3, 0.4) is 0 Å². The lowest BCUT2D eigenvalue weighted by molar-refractivity contribution is 0.670. The minimum absolute atomic E-state index is 1.24. The molecule has 23 heavy (non-hydrogen) atoms. The van der Waals surface area contributed by atoms with Gasteiger partial charge in [0.1, 0.15) is 0 Å². The maximum absolute atomic E-state index is 2.32. The van der Waals surface area contributed by atoms with Crippen LogP contribution in [0.1, 0.15) is 43.0 Å². The van der Waals surface area contributed by atoms with Gasteiger partial charge in [-0.3, -0.25) is 0 Å². The molecule has 0 N–H and O–H groups in total. The smallest absolute Gasteiger partial charge is 0.0449 e. The van der Waals surface area contributed by atoms with E-state index < -0.39 is 0 Å². The van der Waals surface area contributed by atoms with Crippen LogP contribution in [0.15, 0.2) is 48.5 Å². The standard InChI is InChI=1S/C21H24S2/c1-3-4-5-6-7-18-12-13-20(22-18)21-15-14-19(23-21)17-10-8-16(2)9-11-17/h8-15H,3-7H2,1-2H3. The molecule has 0 aliphatic carbocycles. The summed E-state index contributed by atoms with van der Waals surface area (Å²) in [6.45, 7) is 4.41. The SMILES string of the molecule is CCCCCCc1ccc(-c2ccc(-c3ccc(C)cc3)s2)s1. The van der Waals surface area contributed by atoms with Crippen LogP contribution in [-0.4, -0.2) is 0 Å². The predicted octanol–water partition coefficient (Wildman–Crippen LogP) is 7.57. The van der Waals surface area contributed by atoms with Gasteiger partial charge in [-0.05, 0) is 49.6 Å². The Labute approximate surface area is 147 Å². The Morgan fingerprint density at radius 3 is 2.17 bits per heavy atom. The number of aryl methyl sites for hydroxylation is 2. The van der Waals surface area contributed by atoms with Crippen LogP contribution >= 0.6 is 22.7 Å². The van der Waals surface area contributed by atoms with Gasteiger partial charge in [-0.1, -0.05) is 56.0 Å². The Bertz CT molecular complexity index is 731. The van der Waals surface area contributed by atoms with Crippen molar-refractivity contribution < 1.29 is 0 Å². The van der Waals surface area contributed by atoms with Crippen molar-refractivity contribution in [3.05, 3.63) is 59.0 Å². The number of unbranched alkanes of at least 4 members (excludes halogenated alkanes) is 3. The lowest BCUT2D eigenvalue weighted by atomic mass is 10.1. The molecular weight excluding hydrogens is 316 g/mol. The molecule has 0 saturated heterocycles. The van der Waals surface area contributed by atoms with Crippen molar-refractivity contribution in [2.75, 3.05) is 0 Å². The van der Waals surface area contributed by atoms with Gasteiger partial charge in [0.15, 0.2) is 0 Å². The monoisotopic (exact) mass is 340 g/mol. The van der Waals surface area contributed by atoms with Crippen molar-refractivity contribution in [2.24, 2.45) is 0 Å². The van der Waals surface area contributed by atoms with E-state index in [0.717, 1.165) is 0 Å². The first-order valence-corrected chi connectivity index (χ1v) is 10.2. The predicted molar refractivity (Wildman–Crippen MR) is 106 cm³/mol. The van der Waals surface area contributed by atoms with Crippen LogP contribution in [0.25, 0.3) is 20.2 Å². The molecule has 0 saturated carbocycles. The third-order valence-corrected chi connectivity index (χ3v) is 6.60. The largest absolute Gasteiger partial charge is 0.139 e. The molecule has 0 nitrogen and oxygen atoms in total. The highest BCUT2D eigenvalue weighted by Crippen LogP contribution is 2.38. The fourth-order valence-electron chi connectivity index (χ4n) is 2.71. The Morgan fingerprint density at radius 2 is 1.39 bits per heavy atom. The van der Waals surface area contributed by atoms with Gasteiger partial charge in [0, 0.05) is 19.5 Å². The molecule has 0 aliphatic heterocycles. The van der Waals surface area contributed by atoms with Gasteiger partial charge in [0.25, 0.3) is 0 Å². The summed E-state index contributed by atoms with van der Waals surface area (Å²) in [5, 5.41) is 0. The van der Waals surface area contributed by atoms with Gasteiger partial charge >= 0.3 is 0 Å². The fourth-order valence-corrected chi connectivity index (χ4v) is 4.87. The molecule has 0 bridgehead atoms. The maximum Gasteiger partial charge on any atom is 0.0449 e. The summed E-state index contributed by atoms with van der Waals surface area (Å²) in [6.07, 6.45) is 6.60. The molecule has 3 aromatic rings. The lowest BCUT2D eigenvalue weighted by Crippen LogP contribution is -1.80. The van der Waals surface area contributed by atoms with Crippen molar-refractivity contribution in [2.45, 2.75) is 46.0 Å². The number of hydrogen-bond donors (Lipinski definition) is 0. The van der Waals surface area contributed by atoms with E-state index in [1.165, 1.54) is 62.7 Å². The molecule has 0 unspecified atom stereocenters. The molecule has 2 heterocycles. The van der Waals surface area contributed by atoms with Crippen LogP contribution in [0.4, 0.5) is 0 Å². The van der Waals surface area contributed by atoms with Gasteiger partial charge in [-0.2, -0.15) is 0 Å². The van der Waals surface area contributed by atoms with Crippen LogP contribution in [0.2, 0.25) is 0 Å². The van der Waals surface area contributed by atoms with Crippen LogP contribution in [-0.2, 0) is 6.42 Å². The highest BCUT2D eigenvalue weighted by molar-refractivity contribution is 7.23. The third kappa shape index (κ3) is 4.33. The van der Waals surface area contributed by atoms with E-state index >= 15 is 0 Å². The molecule has 0 radical (unpaired) electrons. The molecule has 0 aliphatic rings. The Morgan fingerprint density at radius 1 is 0.696 bits per heavy atom. The van der Waals surface area contributed by atoms with Gasteiger partial charge in [0.2, 0.25) is 0 Å². The Hall–Kier alpha value is -1.38. The van der Waals surface area contributed by atoms with Crippen LogP contribution in [0.5, 0.6) is 0 Å². The van der Waals surface area contributed by atoms with Gasteiger partial charge in [-0.25, -0.2) is 0 Å². The summed E-state index contributed by atoms with van der Waals surface area (Å²) in [7, 11) is 0. The van der Waals surface area contributed by atoms with Gasteiger partial charge in [-0.15, -0.1) is 22.7 Å². The molecule has 3 rings (SSSR count). The number of benzene rings is 1. The van der Waals surface area contributed by atoms with E-state index in [-0.39, 0.29) is 0 Å². The second-order valence-corrected chi connectivity index (χ2v) is 8.36. The summed E-state index contributed by atoms with van der Waals surface area (Å²) in [5.74, 6) is 0. The lowest BCUT2D eigenvalue weighted by Gasteiger charge is -1.98. The van der Waals surface area contributed by atoms with E-state index in [9.17, 15) is 0 Å². The van der Waals surface area contributed by atoms with Crippen LogP contribution < -0.4 is 0 Å². The molecule has 0 amide bonds. The van der Waals surface area contributed by atoms with Gasteiger partial charge in [0.05, 0.1) is 0 Å². The molecular formula is C21H24S2. The average Bonchev–Trinajstić information content (AvgIpc) is 3.21. The highest BCUT2D eigenvalue weighted by atomic mass is 32.1. The van der Waals surface area contributed by atoms with Crippen molar-refractivity contribution in [1.82, 2.24) is 0 Å².